The highest BCUT2D eigenvalue weighted by Gasteiger charge is 2.02. The third-order valence-corrected chi connectivity index (χ3v) is 4.04. The van der Waals surface area contributed by atoms with E-state index in [1.807, 2.05) is 30.3 Å². The van der Waals surface area contributed by atoms with Gasteiger partial charge in [0.1, 0.15) is 0 Å². The number of hydrogen-bond acceptors (Lipinski definition) is 3. The van der Waals surface area contributed by atoms with Crippen LogP contribution >= 0.6 is 24.0 Å². The van der Waals surface area contributed by atoms with Gasteiger partial charge >= 0.3 is 0 Å². The number of rotatable bonds is 7. The van der Waals surface area contributed by atoms with Crippen molar-refractivity contribution in [2.75, 3.05) is 6.54 Å². The van der Waals surface area contributed by atoms with Crippen LogP contribution in [-0.4, -0.2) is 31.8 Å². The van der Waals surface area contributed by atoms with Crippen LogP contribution in [0.1, 0.15) is 23.7 Å². The number of aryl methyl sites for hydroxylation is 1. The molecule has 0 aliphatic rings. The first-order valence-electron chi connectivity index (χ1n) is 8.77. The number of benzene rings is 1. The lowest BCUT2D eigenvalue weighted by Gasteiger charge is -2.11. The molecule has 27 heavy (non-hydrogen) atoms. The molecule has 7 nitrogen and oxygen atoms in total. The monoisotopic (exact) mass is 479 g/mol. The molecule has 0 spiro atoms. The second-order valence-electron chi connectivity index (χ2n) is 6.05. The molecule has 0 radical (unpaired) electrons. The first-order valence-corrected chi connectivity index (χ1v) is 8.77. The first kappa shape index (κ1) is 20.9. The third kappa shape index (κ3) is 6.38. The molecular formula is C19H26IN7. The van der Waals surface area contributed by atoms with Crippen molar-refractivity contribution in [2.45, 2.75) is 26.6 Å². The summed E-state index contributed by atoms with van der Waals surface area (Å²) < 4.78 is 3.91. The fraction of sp³-hybridized carbons (Fsp3) is 0.316. The minimum Gasteiger partial charge on any atom is -0.357 e. The predicted molar refractivity (Wildman–Crippen MR) is 118 cm³/mol. The second-order valence-corrected chi connectivity index (χ2v) is 6.05. The Hall–Kier alpha value is -2.36. The van der Waals surface area contributed by atoms with Crippen molar-refractivity contribution in [3.8, 4) is 0 Å². The topological polar surface area (TPSA) is 72.1 Å². The number of halogens is 1. The molecule has 2 heterocycles. The van der Waals surface area contributed by atoms with Crippen LogP contribution in [0.2, 0.25) is 0 Å². The Morgan fingerprint density at radius 3 is 2.70 bits per heavy atom. The van der Waals surface area contributed by atoms with Gasteiger partial charge in [-0.3, -0.25) is 4.68 Å². The van der Waals surface area contributed by atoms with E-state index in [4.69, 9.17) is 4.99 Å². The highest BCUT2D eigenvalue weighted by molar-refractivity contribution is 14.0. The molecule has 2 aromatic heterocycles. The van der Waals surface area contributed by atoms with E-state index in [9.17, 15) is 0 Å². The van der Waals surface area contributed by atoms with Gasteiger partial charge in [-0.25, -0.2) is 9.98 Å². The van der Waals surface area contributed by atoms with Crippen molar-refractivity contribution in [1.82, 2.24) is 30.0 Å². The minimum absolute atomic E-state index is 0. The molecular weight excluding hydrogens is 453 g/mol. The standard InChI is InChI=1S/C19H25N7.HI/c1-3-21-19(23-13-18-7-8-24-25(18)2)22-12-16-5-4-6-17(11-16)14-26-10-9-20-15-26;/h4-11,15H,3,12-14H2,1-2H3,(H2,21,22,23);1H. The van der Waals surface area contributed by atoms with Gasteiger partial charge in [0.05, 0.1) is 25.1 Å². The molecule has 0 aliphatic heterocycles. The number of hydrogen-bond donors (Lipinski definition) is 2. The van der Waals surface area contributed by atoms with E-state index in [-0.39, 0.29) is 24.0 Å². The summed E-state index contributed by atoms with van der Waals surface area (Å²) in [6.45, 7) is 5.00. The zero-order valence-corrected chi connectivity index (χ0v) is 18.0. The van der Waals surface area contributed by atoms with Crippen molar-refractivity contribution < 1.29 is 0 Å². The highest BCUT2D eigenvalue weighted by atomic mass is 127. The average molecular weight is 479 g/mol. The van der Waals surface area contributed by atoms with Crippen LogP contribution in [0.4, 0.5) is 0 Å². The largest absolute Gasteiger partial charge is 0.357 e. The maximum atomic E-state index is 4.70. The quantitative estimate of drug-likeness (QED) is 0.311. The number of aromatic nitrogens is 4. The molecule has 0 saturated carbocycles. The van der Waals surface area contributed by atoms with Gasteiger partial charge < -0.3 is 15.2 Å². The molecule has 1 aromatic carbocycles. The third-order valence-electron chi connectivity index (χ3n) is 4.04. The Labute approximate surface area is 176 Å². The van der Waals surface area contributed by atoms with Crippen LogP contribution in [0.15, 0.2) is 60.2 Å². The molecule has 144 valence electrons. The van der Waals surface area contributed by atoms with Crippen LogP contribution in [0, 0.1) is 0 Å². The SMILES string of the molecule is CCNC(=NCc1cccc(Cn2ccnc2)c1)NCc1ccnn1C.I. The lowest BCUT2D eigenvalue weighted by atomic mass is 10.1. The van der Waals surface area contributed by atoms with Gasteiger partial charge in [-0.15, -0.1) is 24.0 Å². The zero-order chi connectivity index (χ0) is 18.2. The first-order chi connectivity index (χ1) is 12.7. The Morgan fingerprint density at radius 1 is 1.15 bits per heavy atom. The Balaban J connectivity index is 0.00000261. The second kappa shape index (κ2) is 10.7. The Bertz CT molecular complexity index is 839. The smallest absolute Gasteiger partial charge is 0.191 e. The number of nitrogens with one attached hydrogen (secondary N) is 2. The van der Waals surface area contributed by atoms with Gasteiger partial charge in [-0.2, -0.15) is 5.10 Å². The van der Waals surface area contributed by atoms with E-state index in [0.29, 0.717) is 13.1 Å². The normalized spacial score (nSPS) is 11.1. The summed E-state index contributed by atoms with van der Waals surface area (Å²) in [5.41, 5.74) is 3.53. The minimum atomic E-state index is 0. The number of imidazole rings is 1. The van der Waals surface area contributed by atoms with Gasteiger partial charge in [0.25, 0.3) is 0 Å². The molecule has 3 rings (SSSR count). The van der Waals surface area contributed by atoms with E-state index in [2.05, 4.69) is 56.5 Å². The van der Waals surface area contributed by atoms with Crippen molar-refractivity contribution in [1.29, 1.82) is 0 Å². The summed E-state index contributed by atoms with van der Waals surface area (Å²) in [6, 6.07) is 10.5. The fourth-order valence-corrected chi connectivity index (χ4v) is 2.68. The fourth-order valence-electron chi connectivity index (χ4n) is 2.68. The van der Waals surface area contributed by atoms with Crippen LogP contribution in [-0.2, 0) is 26.7 Å². The average Bonchev–Trinajstić information content (AvgIpc) is 3.29. The van der Waals surface area contributed by atoms with Gasteiger partial charge in [0.2, 0.25) is 0 Å². The van der Waals surface area contributed by atoms with E-state index in [0.717, 1.165) is 24.7 Å². The molecule has 2 N–H and O–H groups in total. The molecule has 0 fully saturated rings. The maximum Gasteiger partial charge on any atom is 0.191 e. The van der Waals surface area contributed by atoms with E-state index in [1.165, 1.54) is 11.1 Å². The maximum absolute atomic E-state index is 4.70. The van der Waals surface area contributed by atoms with Gasteiger partial charge in [-0.05, 0) is 24.1 Å². The summed E-state index contributed by atoms with van der Waals surface area (Å²) in [6.07, 6.45) is 7.39. The van der Waals surface area contributed by atoms with Crippen molar-refractivity contribution in [2.24, 2.45) is 12.0 Å². The van der Waals surface area contributed by atoms with E-state index >= 15 is 0 Å². The zero-order valence-electron chi connectivity index (χ0n) is 15.7. The van der Waals surface area contributed by atoms with Crippen LogP contribution in [0.25, 0.3) is 0 Å². The number of aliphatic imine (C=N–C) groups is 1. The summed E-state index contributed by atoms with van der Waals surface area (Å²) in [7, 11) is 1.94. The van der Waals surface area contributed by atoms with Crippen LogP contribution < -0.4 is 10.6 Å². The van der Waals surface area contributed by atoms with Crippen molar-refractivity contribution >= 4 is 29.9 Å². The lowest BCUT2D eigenvalue weighted by molar-refractivity contribution is 0.685. The molecule has 0 amide bonds. The Kier molecular flexibility index (Phi) is 8.31. The number of guanidine groups is 1. The van der Waals surface area contributed by atoms with Crippen LogP contribution in [0.3, 0.4) is 0 Å². The van der Waals surface area contributed by atoms with E-state index in [1.54, 1.807) is 12.4 Å². The lowest BCUT2D eigenvalue weighted by Crippen LogP contribution is -2.37. The van der Waals surface area contributed by atoms with Gasteiger partial charge in [-0.1, -0.05) is 24.3 Å². The molecule has 0 aliphatic carbocycles. The van der Waals surface area contributed by atoms with Crippen molar-refractivity contribution in [3.05, 3.63) is 72.1 Å². The van der Waals surface area contributed by atoms with Gasteiger partial charge in [0, 0.05) is 38.7 Å². The molecule has 0 saturated heterocycles. The molecule has 0 atom stereocenters. The van der Waals surface area contributed by atoms with E-state index < -0.39 is 0 Å². The van der Waals surface area contributed by atoms with Gasteiger partial charge in [0.15, 0.2) is 5.96 Å². The molecule has 0 bridgehead atoms. The molecule has 3 aromatic rings. The summed E-state index contributed by atoms with van der Waals surface area (Å²) in [5, 5.41) is 10.8. The van der Waals surface area contributed by atoms with Crippen LogP contribution in [0.5, 0.6) is 0 Å². The summed E-state index contributed by atoms with van der Waals surface area (Å²) in [5.74, 6) is 0.800. The number of nitrogens with zero attached hydrogens (tertiary/aromatic N) is 5. The summed E-state index contributed by atoms with van der Waals surface area (Å²) >= 11 is 0. The Morgan fingerprint density at radius 2 is 2.00 bits per heavy atom. The highest BCUT2D eigenvalue weighted by Crippen LogP contribution is 2.08. The molecule has 0 unspecified atom stereocenters. The summed E-state index contributed by atoms with van der Waals surface area (Å²) in [4.78, 5) is 8.78. The van der Waals surface area contributed by atoms with Crippen molar-refractivity contribution in [3.63, 3.8) is 0 Å². The molecule has 8 heteroatoms. The predicted octanol–water partition coefficient (Wildman–Crippen LogP) is 2.54.